The van der Waals surface area contributed by atoms with E-state index in [1.807, 2.05) is 52.0 Å². The third kappa shape index (κ3) is 4.58. The van der Waals surface area contributed by atoms with E-state index < -0.39 is 11.4 Å². The summed E-state index contributed by atoms with van der Waals surface area (Å²) in [5, 5.41) is 12.2. The summed E-state index contributed by atoms with van der Waals surface area (Å²) in [6, 6.07) is 8.12. The molecule has 0 fully saturated rings. The maximum Gasteiger partial charge on any atom is 0.311 e. The molecule has 1 aromatic carbocycles. The van der Waals surface area contributed by atoms with Gasteiger partial charge in [-0.05, 0) is 31.7 Å². The van der Waals surface area contributed by atoms with Crippen LogP contribution >= 0.6 is 0 Å². The second-order valence-electron chi connectivity index (χ2n) is 6.10. The monoisotopic (exact) mass is 305 g/mol. The summed E-state index contributed by atoms with van der Waals surface area (Å²) in [4.78, 5) is 23.6. The molecule has 0 bridgehead atoms. The molecule has 1 amide bonds. The molecule has 0 aliphatic carbocycles. The Labute approximate surface area is 132 Å². The topological polar surface area (TPSA) is 66.4 Å². The first-order chi connectivity index (χ1) is 10.3. The van der Waals surface area contributed by atoms with E-state index in [9.17, 15) is 14.7 Å². The molecule has 122 valence electrons. The van der Waals surface area contributed by atoms with Crippen LogP contribution in [-0.2, 0) is 16.0 Å². The summed E-state index contributed by atoms with van der Waals surface area (Å²) in [5.74, 6) is -1.11. The van der Waals surface area contributed by atoms with Crippen LogP contribution in [0.4, 0.5) is 0 Å². The lowest BCUT2D eigenvalue weighted by Crippen LogP contribution is -2.44. The number of carboxylic acid groups (broad SMARTS) is 1. The van der Waals surface area contributed by atoms with Gasteiger partial charge in [0.25, 0.3) is 0 Å². The van der Waals surface area contributed by atoms with Crippen LogP contribution < -0.4 is 5.32 Å². The molecule has 0 saturated carbocycles. The highest BCUT2D eigenvalue weighted by atomic mass is 16.4. The fourth-order valence-electron chi connectivity index (χ4n) is 2.48. The zero-order chi connectivity index (χ0) is 16.8. The normalized spacial score (nSPS) is 12.7. The summed E-state index contributed by atoms with van der Waals surface area (Å²) in [5.41, 5.74) is 1.45. The van der Waals surface area contributed by atoms with Gasteiger partial charge >= 0.3 is 5.97 Å². The molecule has 1 aromatic rings. The van der Waals surface area contributed by atoms with E-state index in [4.69, 9.17) is 0 Å². The molecule has 4 heteroatoms. The predicted molar refractivity (Wildman–Crippen MR) is 87.7 cm³/mol. The molecular formula is C18H27NO3. The van der Waals surface area contributed by atoms with E-state index in [0.717, 1.165) is 5.56 Å². The molecule has 0 radical (unpaired) electrons. The number of carbonyl (C=O) groups is 2. The minimum Gasteiger partial charge on any atom is -0.481 e. The molecule has 0 spiro atoms. The molecule has 0 aliphatic heterocycles. The number of aliphatic carboxylic acids is 1. The van der Waals surface area contributed by atoms with Gasteiger partial charge in [-0.3, -0.25) is 9.59 Å². The molecule has 0 aromatic heterocycles. The van der Waals surface area contributed by atoms with E-state index >= 15 is 0 Å². The van der Waals surface area contributed by atoms with Gasteiger partial charge in [-0.25, -0.2) is 0 Å². The van der Waals surface area contributed by atoms with Crippen LogP contribution in [0.15, 0.2) is 24.3 Å². The van der Waals surface area contributed by atoms with Gasteiger partial charge in [0.2, 0.25) is 5.91 Å². The molecule has 0 saturated heterocycles. The second-order valence-corrected chi connectivity index (χ2v) is 6.10. The standard InChI is InChI=1S/C18H27NO3/c1-5-18(6-2,17(21)22)12-19-16(20)14(4)11-15-9-7-13(3)8-10-15/h7-10,14H,5-6,11-12H2,1-4H3,(H,19,20)(H,21,22). The Morgan fingerprint density at radius 2 is 1.73 bits per heavy atom. The first-order valence-electron chi connectivity index (χ1n) is 7.91. The third-order valence-electron chi connectivity index (χ3n) is 4.52. The highest BCUT2D eigenvalue weighted by Gasteiger charge is 2.35. The summed E-state index contributed by atoms with van der Waals surface area (Å²) >= 11 is 0. The van der Waals surface area contributed by atoms with Gasteiger partial charge in [-0.2, -0.15) is 0 Å². The Kier molecular flexibility index (Phi) is 6.60. The largest absolute Gasteiger partial charge is 0.481 e. The smallest absolute Gasteiger partial charge is 0.311 e. The maximum absolute atomic E-state index is 12.2. The number of hydrogen-bond donors (Lipinski definition) is 2. The van der Waals surface area contributed by atoms with Gasteiger partial charge in [0.05, 0.1) is 5.41 Å². The fourth-order valence-corrected chi connectivity index (χ4v) is 2.48. The molecule has 0 aliphatic rings. The van der Waals surface area contributed by atoms with Crippen molar-refractivity contribution in [3.8, 4) is 0 Å². The lowest BCUT2D eigenvalue weighted by molar-refractivity contribution is -0.149. The Bertz CT molecular complexity index is 504. The maximum atomic E-state index is 12.2. The minimum absolute atomic E-state index is 0.0897. The summed E-state index contributed by atoms with van der Waals surface area (Å²) in [6.07, 6.45) is 1.67. The molecule has 4 nitrogen and oxygen atoms in total. The molecule has 2 N–H and O–H groups in total. The van der Waals surface area contributed by atoms with Crippen molar-refractivity contribution >= 4 is 11.9 Å². The van der Waals surface area contributed by atoms with Crippen LogP contribution in [0, 0.1) is 18.3 Å². The van der Waals surface area contributed by atoms with Gasteiger partial charge < -0.3 is 10.4 Å². The van der Waals surface area contributed by atoms with Crippen LogP contribution in [0.3, 0.4) is 0 Å². The van der Waals surface area contributed by atoms with Crippen molar-refractivity contribution in [1.29, 1.82) is 0 Å². The van der Waals surface area contributed by atoms with Gasteiger partial charge in [-0.1, -0.05) is 50.6 Å². The van der Waals surface area contributed by atoms with Crippen LogP contribution in [0.5, 0.6) is 0 Å². The highest BCUT2D eigenvalue weighted by Crippen LogP contribution is 2.25. The molecule has 22 heavy (non-hydrogen) atoms. The first-order valence-corrected chi connectivity index (χ1v) is 7.91. The van der Waals surface area contributed by atoms with E-state index in [1.165, 1.54) is 5.56 Å². The Balaban J connectivity index is 2.60. The second kappa shape index (κ2) is 7.97. The molecule has 1 unspecified atom stereocenters. The molecule has 1 atom stereocenters. The van der Waals surface area contributed by atoms with Crippen molar-refractivity contribution in [3.63, 3.8) is 0 Å². The Hall–Kier alpha value is -1.84. The summed E-state index contributed by atoms with van der Waals surface area (Å²) < 4.78 is 0. The molecule has 1 rings (SSSR count). The van der Waals surface area contributed by atoms with Crippen LogP contribution in [0.2, 0.25) is 0 Å². The lowest BCUT2D eigenvalue weighted by Gasteiger charge is -2.27. The summed E-state index contributed by atoms with van der Waals surface area (Å²) in [7, 11) is 0. The SMILES string of the molecule is CCC(CC)(CNC(=O)C(C)Cc1ccc(C)cc1)C(=O)O. The number of hydrogen-bond acceptors (Lipinski definition) is 2. The van der Waals surface area contributed by atoms with E-state index in [0.29, 0.717) is 19.3 Å². The number of rotatable bonds is 8. The number of carboxylic acids is 1. The summed E-state index contributed by atoms with van der Waals surface area (Å²) in [6.45, 7) is 7.78. The van der Waals surface area contributed by atoms with E-state index in [2.05, 4.69) is 5.32 Å². The van der Waals surface area contributed by atoms with Crippen molar-refractivity contribution in [3.05, 3.63) is 35.4 Å². The Morgan fingerprint density at radius 3 is 2.18 bits per heavy atom. The number of carbonyl (C=O) groups excluding carboxylic acids is 1. The van der Waals surface area contributed by atoms with Crippen LogP contribution in [-0.4, -0.2) is 23.5 Å². The number of amides is 1. The highest BCUT2D eigenvalue weighted by molar-refractivity contribution is 5.80. The van der Waals surface area contributed by atoms with E-state index in [-0.39, 0.29) is 18.4 Å². The molecular weight excluding hydrogens is 278 g/mol. The molecule has 0 heterocycles. The third-order valence-corrected chi connectivity index (χ3v) is 4.52. The number of benzene rings is 1. The number of nitrogens with one attached hydrogen (secondary N) is 1. The lowest BCUT2D eigenvalue weighted by atomic mass is 9.82. The zero-order valence-electron chi connectivity index (χ0n) is 14.0. The van der Waals surface area contributed by atoms with Gasteiger partial charge in [0.1, 0.15) is 0 Å². The van der Waals surface area contributed by atoms with E-state index in [1.54, 1.807) is 0 Å². The average molecular weight is 305 g/mol. The van der Waals surface area contributed by atoms with Crippen molar-refractivity contribution in [2.45, 2.75) is 47.0 Å². The van der Waals surface area contributed by atoms with Gasteiger partial charge in [-0.15, -0.1) is 0 Å². The quantitative estimate of drug-likeness (QED) is 0.775. The van der Waals surface area contributed by atoms with Gasteiger partial charge in [0, 0.05) is 12.5 Å². The first kappa shape index (κ1) is 18.2. The van der Waals surface area contributed by atoms with Crippen LogP contribution in [0.25, 0.3) is 0 Å². The zero-order valence-corrected chi connectivity index (χ0v) is 14.0. The van der Waals surface area contributed by atoms with Crippen molar-refractivity contribution in [1.82, 2.24) is 5.32 Å². The van der Waals surface area contributed by atoms with Gasteiger partial charge in [0.15, 0.2) is 0 Å². The minimum atomic E-state index is -0.862. The van der Waals surface area contributed by atoms with Crippen molar-refractivity contribution in [2.75, 3.05) is 6.54 Å². The number of aryl methyl sites for hydroxylation is 1. The fraction of sp³-hybridized carbons (Fsp3) is 0.556. The van der Waals surface area contributed by atoms with Crippen molar-refractivity contribution in [2.24, 2.45) is 11.3 Å². The predicted octanol–water partition coefficient (Wildman–Crippen LogP) is 3.18. The average Bonchev–Trinajstić information content (AvgIpc) is 2.50. The Morgan fingerprint density at radius 1 is 1.18 bits per heavy atom. The van der Waals surface area contributed by atoms with Crippen molar-refractivity contribution < 1.29 is 14.7 Å². The van der Waals surface area contributed by atoms with Crippen LogP contribution in [0.1, 0.15) is 44.7 Å².